The highest BCUT2D eigenvalue weighted by Crippen LogP contribution is 2.38. The molecular weight excluding hydrogens is 216 g/mol. The molecule has 0 spiro atoms. The van der Waals surface area contributed by atoms with Gasteiger partial charge in [-0.05, 0) is 30.6 Å². The Bertz CT molecular complexity index is 260. The van der Waals surface area contributed by atoms with Gasteiger partial charge in [-0.15, -0.1) is 0 Å². The van der Waals surface area contributed by atoms with E-state index in [-0.39, 0.29) is 6.04 Å². The van der Waals surface area contributed by atoms with Gasteiger partial charge >= 0.3 is 0 Å². The fourth-order valence-electron chi connectivity index (χ4n) is 3.28. The maximum atomic E-state index is 9.54. The summed E-state index contributed by atoms with van der Waals surface area (Å²) in [5.74, 6) is 0.497. The molecule has 4 nitrogen and oxygen atoms in total. The Labute approximate surface area is 104 Å². The van der Waals surface area contributed by atoms with E-state index in [2.05, 4.69) is 18.7 Å². The Hall–Kier alpha value is -0.160. The van der Waals surface area contributed by atoms with Crippen LogP contribution in [0.1, 0.15) is 33.1 Å². The molecule has 2 aliphatic rings. The van der Waals surface area contributed by atoms with Crippen LogP contribution in [0.5, 0.6) is 0 Å². The van der Waals surface area contributed by atoms with Crippen LogP contribution in [0.15, 0.2) is 0 Å². The standard InChI is InChI=1S/C13H26N2O2/c1-13(2)4-3-10(14)9(5-13)6-15-7-11(16)12(17)8-15/h9-12,16-17H,3-8,14H2,1-2H3. The molecule has 17 heavy (non-hydrogen) atoms. The summed E-state index contributed by atoms with van der Waals surface area (Å²) < 4.78 is 0. The third kappa shape index (κ3) is 3.19. The quantitative estimate of drug-likeness (QED) is 0.646. The van der Waals surface area contributed by atoms with Gasteiger partial charge in [0.2, 0.25) is 0 Å². The Morgan fingerprint density at radius 2 is 1.82 bits per heavy atom. The molecule has 0 radical (unpaired) electrons. The van der Waals surface area contributed by atoms with Crippen molar-refractivity contribution in [2.75, 3.05) is 19.6 Å². The van der Waals surface area contributed by atoms with Gasteiger partial charge in [0, 0.05) is 25.7 Å². The third-order valence-corrected chi connectivity index (χ3v) is 4.40. The van der Waals surface area contributed by atoms with Gasteiger partial charge in [-0.3, -0.25) is 4.90 Å². The molecule has 1 saturated carbocycles. The summed E-state index contributed by atoms with van der Waals surface area (Å²) in [6.45, 7) is 6.70. The second kappa shape index (κ2) is 4.84. The molecule has 1 aliphatic carbocycles. The van der Waals surface area contributed by atoms with Crippen molar-refractivity contribution in [1.82, 2.24) is 4.90 Å². The van der Waals surface area contributed by atoms with Crippen molar-refractivity contribution in [3.8, 4) is 0 Å². The summed E-state index contributed by atoms with van der Waals surface area (Å²) in [5.41, 5.74) is 6.58. The Kier molecular flexibility index (Phi) is 3.78. The van der Waals surface area contributed by atoms with Crippen molar-refractivity contribution in [1.29, 1.82) is 0 Å². The number of hydrogen-bond acceptors (Lipinski definition) is 4. The van der Waals surface area contributed by atoms with E-state index in [9.17, 15) is 10.2 Å². The summed E-state index contributed by atoms with van der Waals surface area (Å²) in [4.78, 5) is 2.15. The Balaban J connectivity index is 1.89. The summed E-state index contributed by atoms with van der Waals surface area (Å²) in [5, 5.41) is 19.1. The summed E-state index contributed by atoms with van der Waals surface area (Å²) in [6.07, 6.45) is 2.29. The largest absolute Gasteiger partial charge is 0.389 e. The first-order valence-corrected chi connectivity index (χ1v) is 6.71. The second-order valence-corrected chi connectivity index (χ2v) is 6.68. The van der Waals surface area contributed by atoms with E-state index in [1.165, 1.54) is 6.42 Å². The SMILES string of the molecule is CC1(C)CCC(N)C(CN2CC(O)C(O)C2)C1. The molecule has 0 amide bonds. The average molecular weight is 242 g/mol. The van der Waals surface area contributed by atoms with Crippen LogP contribution in [0.3, 0.4) is 0 Å². The smallest absolute Gasteiger partial charge is 0.0938 e. The first-order valence-electron chi connectivity index (χ1n) is 6.71. The lowest BCUT2D eigenvalue weighted by Crippen LogP contribution is -2.44. The molecule has 1 heterocycles. The number of nitrogens with two attached hydrogens (primary N) is 1. The molecule has 1 aliphatic heterocycles. The molecule has 4 atom stereocenters. The van der Waals surface area contributed by atoms with Gasteiger partial charge < -0.3 is 15.9 Å². The van der Waals surface area contributed by atoms with Crippen molar-refractivity contribution in [2.24, 2.45) is 17.1 Å². The van der Waals surface area contributed by atoms with Gasteiger partial charge in [-0.2, -0.15) is 0 Å². The zero-order valence-electron chi connectivity index (χ0n) is 11.0. The lowest BCUT2D eigenvalue weighted by molar-refractivity contribution is 0.0572. The molecule has 4 heteroatoms. The van der Waals surface area contributed by atoms with Crippen LogP contribution in [0.2, 0.25) is 0 Å². The number of aliphatic hydroxyl groups is 2. The molecular formula is C13H26N2O2. The van der Waals surface area contributed by atoms with Crippen LogP contribution < -0.4 is 5.73 Å². The highest BCUT2D eigenvalue weighted by Gasteiger charge is 2.36. The number of nitrogens with zero attached hydrogens (tertiary/aromatic N) is 1. The zero-order valence-corrected chi connectivity index (χ0v) is 11.0. The van der Waals surface area contributed by atoms with E-state index in [1.54, 1.807) is 0 Å². The minimum atomic E-state index is -0.581. The second-order valence-electron chi connectivity index (χ2n) is 6.68. The molecule has 100 valence electrons. The maximum absolute atomic E-state index is 9.54. The molecule has 1 saturated heterocycles. The third-order valence-electron chi connectivity index (χ3n) is 4.40. The topological polar surface area (TPSA) is 69.7 Å². The Morgan fingerprint density at radius 3 is 2.41 bits per heavy atom. The first kappa shape index (κ1) is 13.3. The van der Waals surface area contributed by atoms with Gasteiger partial charge in [0.25, 0.3) is 0 Å². The number of β-amino-alcohol motifs (C(OH)–C–C–N with tert-alkyl or cyclic N) is 2. The van der Waals surface area contributed by atoms with Crippen molar-refractivity contribution in [3.05, 3.63) is 0 Å². The van der Waals surface area contributed by atoms with E-state index in [0.29, 0.717) is 24.4 Å². The van der Waals surface area contributed by atoms with E-state index in [0.717, 1.165) is 19.4 Å². The van der Waals surface area contributed by atoms with Gasteiger partial charge in [0.15, 0.2) is 0 Å². The molecule has 0 aromatic rings. The number of likely N-dealkylation sites (tertiary alicyclic amines) is 1. The Morgan fingerprint density at radius 1 is 1.24 bits per heavy atom. The normalized spacial score (nSPS) is 42.9. The highest BCUT2D eigenvalue weighted by molar-refractivity contribution is 4.91. The summed E-state index contributed by atoms with van der Waals surface area (Å²) >= 11 is 0. The van der Waals surface area contributed by atoms with Crippen LogP contribution in [0, 0.1) is 11.3 Å². The predicted molar refractivity (Wildman–Crippen MR) is 67.6 cm³/mol. The van der Waals surface area contributed by atoms with E-state index in [1.807, 2.05) is 0 Å². The lowest BCUT2D eigenvalue weighted by atomic mass is 9.70. The van der Waals surface area contributed by atoms with Gasteiger partial charge in [0.05, 0.1) is 12.2 Å². The average Bonchev–Trinajstić information content (AvgIpc) is 2.52. The van der Waals surface area contributed by atoms with Crippen molar-refractivity contribution in [3.63, 3.8) is 0 Å². The monoisotopic (exact) mass is 242 g/mol. The maximum Gasteiger partial charge on any atom is 0.0938 e. The molecule has 0 aromatic carbocycles. The molecule has 0 bridgehead atoms. The minimum absolute atomic E-state index is 0.276. The van der Waals surface area contributed by atoms with Crippen molar-refractivity contribution >= 4 is 0 Å². The summed E-state index contributed by atoms with van der Waals surface area (Å²) in [7, 11) is 0. The predicted octanol–water partition coefficient (Wildman–Crippen LogP) is 0.177. The zero-order chi connectivity index (χ0) is 12.6. The number of aliphatic hydroxyl groups excluding tert-OH is 2. The van der Waals surface area contributed by atoms with Gasteiger partial charge in [-0.25, -0.2) is 0 Å². The lowest BCUT2D eigenvalue weighted by Gasteiger charge is -2.40. The molecule has 2 fully saturated rings. The number of hydrogen-bond donors (Lipinski definition) is 3. The first-order chi connectivity index (χ1) is 7.87. The van der Waals surface area contributed by atoms with Crippen LogP contribution in [0.4, 0.5) is 0 Å². The molecule has 0 aromatic heterocycles. The van der Waals surface area contributed by atoms with Crippen LogP contribution in [-0.4, -0.2) is 53.0 Å². The number of rotatable bonds is 2. The summed E-state index contributed by atoms with van der Waals surface area (Å²) in [6, 6.07) is 0.276. The molecule has 2 rings (SSSR count). The van der Waals surface area contributed by atoms with Crippen molar-refractivity contribution in [2.45, 2.75) is 51.4 Å². The molecule has 4 unspecified atom stereocenters. The fraction of sp³-hybridized carbons (Fsp3) is 1.00. The van der Waals surface area contributed by atoms with Crippen LogP contribution in [0.25, 0.3) is 0 Å². The van der Waals surface area contributed by atoms with Crippen LogP contribution in [-0.2, 0) is 0 Å². The minimum Gasteiger partial charge on any atom is -0.389 e. The van der Waals surface area contributed by atoms with Crippen LogP contribution >= 0.6 is 0 Å². The van der Waals surface area contributed by atoms with Crippen molar-refractivity contribution < 1.29 is 10.2 Å². The van der Waals surface area contributed by atoms with E-state index in [4.69, 9.17) is 5.73 Å². The highest BCUT2D eigenvalue weighted by atomic mass is 16.3. The van der Waals surface area contributed by atoms with Gasteiger partial charge in [-0.1, -0.05) is 13.8 Å². The molecule has 4 N–H and O–H groups in total. The van der Waals surface area contributed by atoms with E-state index >= 15 is 0 Å². The fourth-order valence-corrected chi connectivity index (χ4v) is 3.28. The van der Waals surface area contributed by atoms with E-state index < -0.39 is 12.2 Å². The van der Waals surface area contributed by atoms with Gasteiger partial charge in [0.1, 0.15) is 0 Å².